The van der Waals surface area contributed by atoms with Gasteiger partial charge >= 0.3 is 0 Å². The predicted octanol–water partition coefficient (Wildman–Crippen LogP) is 2.63. The molecule has 0 spiro atoms. The number of guanidine groups is 1. The first-order chi connectivity index (χ1) is 12.3. The van der Waals surface area contributed by atoms with Gasteiger partial charge in [0.1, 0.15) is 0 Å². The number of benzene rings is 2. The van der Waals surface area contributed by atoms with Crippen molar-refractivity contribution in [1.82, 2.24) is 10.2 Å². The zero-order valence-corrected chi connectivity index (χ0v) is 17.5. The van der Waals surface area contributed by atoms with Crippen LogP contribution < -0.4 is 11.1 Å². The van der Waals surface area contributed by atoms with E-state index in [-0.39, 0.29) is 24.0 Å². The minimum absolute atomic E-state index is 0. The van der Waals surface area contributed by atoms with Crippen LogP contribution in [-0.2, 0) is 11.2 Å². The lowest BCUT2D eigenvalue weighted by Crippen LogP contribution is -2.37. The summed E-state index contributed by atoms with van der Waals surface area (Å²) in [5, 5.41) is 5.77. The van der Waals surface area contributed by atoms with Gasteiger partial charge in [-0.25, -0.2) is 0 Å². The monoisotopic (exact) mass is 468 g/mol. The molecular formula is C20H29IN4O. The molecule has 0 radical (unpaired) electrons. The number of aliphatic imine (C=N–C) groups is 1. The van der Waals surface area contributed by atoms with Crippen molar-refractivity contribution in [3.8, 4) is 0 Å². The standard InChI is InChI=1S/C20H28N4O.HI/c21-20(22-9-3-11-24-12-14-25-15-13-24)23-10-8-17-6-7-18-4-1-2-5-19(18)16-17;/h1-2,4-7,16H,3,8-15H2,(H3,21,22,23);1H. The Hall–Kier alpha value is -1.38. The van der Waals surface area contributed by atoms with Gasteiger partial charge in [0, 0.05) is 32.7 Å². The van der Waals surface area contributed by atoms with E-state index < -0.39 is 0 Å². The minimum Gasteiger partial charge on any atom is -0.379 e. The van der Waals surface area contributed by atoms with Crippen molar-refractivity contribution in [3.05, 3.63) is 48.0 Å². The Morgan fingerprint density at radius 2 is 1.88 bits per heavy atom. The third-order valence-electron chi connectivity index (χ3n) is 4.55. The van der Waals surface area contributed by atoms with Gasteiger partial charge in [-0.15, -0.1) is 24.0 Å². The van der Waals surface area contributed by atoms with Crippen molar-refractivity contribution in [2.24, 2.45) is 10.7 Å². The number of morpholine rings is 1. The number of hydrogen-bond donors (Lipinski definition) is 2. The molecule has 1 aliphatic rings. The fourth-order valence-electron chi connectivity index (χ4n) is 3.10. The summed E-state index contributed by atoms with van der Waals surface area (Å²) < 4.78 is 5.35. The Morgan fingerprint density at radius 3 is 2.69 bits per heavy atom. The molecule has 0 atom stereocenters. The Morgan fingerprint density at radius 1 is 1.12 bits per heavy atom. The summed E-state index contributed by atoms with van der Waals surface area (Å²) in [6.07, 6.45) is 1.97. The lowest BCUT2D eigenvalue weighted by atomic mass is 10.1. The van der Waals surface area contributed by atoms with E-state index in [4.69, 9.17) is 10.5 Å². The SMILES string of the molecule is I.NC(=NCCCN1CCOCC1)NCCc1ccc2ccccc2c1. The van der Waals surface area contributed by atoms with Crippen LogP contribution in [0.3, 0.4) is 0 Å². The normalized spacial score (nSPS) is 15.6. The molecule has 142 valence electrons. The number of fused-ring (bicyclic) bond motifs is 1. The Bertz CT molecular complexity index is 701. The number of nitrogens with one attached hydrogen (secondary N) is 1. The molecule has 1 aliphatic heterocycles. The zero-order valence-electron chi connectivity index (χ0n) is 15.2. The molecule has 5 nitrogen and oxygen atoms in total. The van der Waals surface area contributed by atoms with Gasteiger partial charge in [0.25, 0.3) is 0 Å². The van der Waals surface area contributed by atoms with Gasteiger partial charge in [0.05, 0.1) is 13.2 Å². The minimum atomic E-state index is 0. The second kappa shape index (κ2) is 11.4. The van der Waals surface area contributed by atoms with E-state index in [0.717, 1.165) is 58.8 Å². The second-order valence-corrected chi connectivity index (χ2v) is 6.43. The molecule has 0 amide bonds. The molecule has 1 fully saturated rings. The van der Waals surface area contributed by atoms with E-state index in [1.165, 1.54) is 16.3 Å². The molecule has 0 bridgehead atoms. The van der Waals surface area contributed by atoms with Gasteiger partial charge in [0.2, 0.25) is 0 Å². The average Bonchev–Trinajstić information content (AvgIpc) is 2.66. The molecule has 0 aliphatic carbocycles. The summed E-state index contributed by atoms with van der Waals surface area (Å²) >= 11 is 0. The fourth-order valence-corrected chi connectivity index (χ4v) is 3.10. The predicted molar refractivity (Wildman–Crippen MR) is 119 cm³/mol. The molecule has 2 aromatic rings. The van der Waals surface area contributed by atoms with Crippen molar-refractivity contribution in [2.75, 3.05) is 45.9 Å². The number of hydrogen-bond acceptors (Lipinski definition) is 3. The first-order valence-corrected chi connectivity index (χ1v) is 9.13. The molecule has 26 heavy (non-hydrogen) atoms. The van der Waals surface area contributed by atoms with E-state index in [0.29, 0.717) is 5.96 Å². The van der Waals surface area contributed by atoms with Gasteiger partial charge in [-0.2, -0.15) is 0 Å². The largest absolute Gasteiger partial charge is 0.379 e. The number of halogens is 1. The van der Waals surface area contributed by atoms with E-state index in [1.54, 1.807) is 0 Å². The average molecular weight is 468 g/mol. The smallest absolute Gasteiger partial charge is 0.188 e. The van der Waals surface area contributed by atoms with E-state index >= 15 is 0 Å². The first kappa shape index (κ1) is 20.9. The van der Waals surface area contributed by atoms with Crippen LogP contribution in [0.4, 0.5) is 0 Å². The number of nitrogens with zero attached hydrogens (tertiary/aromatic N) is 2. The maximum Gasteiger partial charge on any atom is 0.188 e. The van der Waals surface area contributed by atoms with Gasteiger partial charge in [-0.3, -0.25) is 9.89 Å². The molecule has 3 rings (SSSR count). The zero-order chi connectivity index (χ0) is 17.3. The van der Waals surface area contributed by atoms with Crippen molar-refractivity contribution < 1.29 is 4.74 Å². The number of ether oxygens (including phenoxy) is 1. The van der Waals surface area contributed by atoms with Crippen molar-refractivity contribution >= 4 is 40.7 Å². The summed E-state index contributed by atoms with van der Waals surface area (Å²) in [7, 11) is 0. The maximum absolute atomic E-state index is 5.95. The van der Waals surface area contributed by atoms with Gasteiger partial charge in [-0.05, 0) is 29.2 Å². The van der Waals surface area contributed by atoms with Gasteiger partial charge in [-0.1, -0.05) is 42.5 Å². The molecule has 0 saturated carbocycles. The molecule has 2 aromatic carbocycles. The highest BCUT2D eigenvalue weighted by atomic mass is 127. The number of nitrogens with two attached hydrogens (primary N) is 1. The second-order valence-electron chi connectivity index (χ2n) is 6.43. The lowest BCUT2D eigenvalue weighted by Gasteiger charge is -2.26. The van der Waals surface area contributed by atoms with Gasteiger partial charge < -0.3 is 15.8 Å². The van der Waals surface area contributed by atoms with E-state index in [2.05, 4.69) is 57.7 Å². The Labute approximate surface area is 173 Å². The van der Waals surface area contributed by atoms with Crippen LogP contribution in [0.1, 0.15) is 12.0 Å². The molecule has 3 N–H and O–H groups in total. The van der Waals surface area contributed by atoms with Crippen LogP contribution in [0.2, 0.25) is 0 Å². The first-order valence-electron chi connectivity index (χ1n) is 9.13. The molecule has 1 heterocycles. The van der Waals surface area contributed by atoms with E-state index in [9.17, 15) is 0 Å². The summed E-state index contributed by atoms with van der Waals surface area (Å²) in [4.78, 5) is 6.83. The van der Waals surface area contributed by atoms with Crippen LogP contribution in [0, 0.1) is 0 Å². The quantitative estimate of drug-likeness (QED) is 0.284. The topological polar surface area (TPSA) is 62.9 Å². The molecule has 6 heteroatoms. The lowest BCUT2D eigenvalue weighted by molar-refractivity contribution is 0.0377. The highest BCUT2D eigenvalue weighted by molar-refractivity contribution is 14.0. The molecular weight excluding hydrogens is 439 g/mol. The van der Waals surface area contributed by atoms with Crippen molar-refractivity contribution in [1.29, 1.82) is 0 Å². The molecule has 0 aromatic heterocycles. The summed E-state index contributed by atoms with van der Waals surface area (Å²) in [5.74, 6) is 0.544. The summed E-state index contributed by atoms with van der Waals surface area (Å²) in [6.45, 7) is 6.40. The third kappa shape index (κ3) is 6.74. The highest BCUT2D eigenvalue weighted by Crippen LogP contribution is 2.15. The summed E-state index contributed by atoms with van der Waals surface area (Å²) in [6, 6.07) is 15.0. The van der Waals surface area contributed by atoms with Crippen LogP contribution in [-0.4, -0.2) is 56.8 Å². The molecule has 1 saturated heterocycles. The maximum atomic E-state index is 5.95. The van der Waals surface area contributed by atoms with Crippen molar-refractivity contribution in [2.45, 2.75) is 12.8 Å². The third-order valence-corrected chi connectivity index (χ3v) is 4.55. The number of rotatable bonds is 7. The van der Waals surface area contributed by atoms with Gasteiger partial charge in [0.15, 0.2) is 5.96 Å². The molecule has 0 unspecified atom stereocenters. The van der Waals surface area contributed by atoms with Crippen LogP contribution >= 0.6 is 24.0 Å². The van der Waals surface area contributed by atoms with Crippen molar-refractivity contribution in [3.63, 3.8) is 0 Å². The Balaban J connectivity index is 0.00000243. The van der Waals surface area contributed by atoms with Crippen LogP contribution in [0.25, 0.3) is 10.8 Å². The van der Waals surface area contributed by atoms with Crippen LogP contribution in [0.5, 0.6) is 0 Å². The highest BCUT2D eigenvalue weighted by Gasteiger charge is 2.08. The summed E-state index contributed by atoms with van der Waals surface area (Å²) in [5.41, 5.74) is 7.26. The van der Waals surface area contributed by atoms with E-state index in [1.807, 2.05) is 0 Å². The fraction of sp³-hybridized carbons (Fsp3) is 0.450. The Kier molecular flexibility index (Phi) is 9.14. The van der Waals surface area contributed by atoms with Crippen LogP contribution in [0.15, 0.2) is 47.5 Å².